The first-order chi connectivity index (χ1) is 6.27. The summed E-state index contributed by atoms with van der Waals surface area (Å²) in [6, 6.07) is -0.139. The predicted octanol–water partition coefficient (Wildman–Crippen LogP) is -0.763. The van der Waals surface area contributed by atoms with Gasteiger partial charge in [0.05, 0.1) is 18.2 Å². The number of nitrogens with one attached hydrogen (secondary N) is 1. The molecule has 0 aromatic rings. The number of hydrogen-bond acceptors (Lipinski definition) is 3. The average Bonchev–Trinajstić information content (AvgIpc) is 2.76. The molecule has 0 aromatic heterocycles. The van der Waals surface area contributed by atoms with Crippen molar-refractivity contribution in [2.45, 2.75) is 31.1 Å². The maximum Gasteiger partial charge on any atom is 0.234 e. The zero-order valence-corrected chi connectivity index (χ0v) is 7.40. The van der Waals surface area contributed by atoms with Crippen LogP contribution in [-0.2, 0) is 9.53 Å². The van der Waals surface area contributed by atoms with Gasteiger partial charge >= 0.3 is 0 Å². The highest BCUT2D eigenvalue weighted by molar-refractivity contribution is 5.81. The van der Waals surface area contributed by atoms with Crippen LogP contribution in [-0.4, -0.2) is 30.7 Å². The van der Waals surface area contributed by atoms with E-state index >= 15 is 0 Å². The average molecular weight is 182 g/mol. The summed E-state index contributed by atoms with van der Waals surface area (Å²) < 4.78 is 5.77. The van der Waals surface area contributed by atoms with Crippen molar-refractivity contribution in [2.75, 3.05) is 6.54 Å². The van der Waals surface area contributed by atoms with Crippen LogP contribution in [0.5, 0.6) is 0 Å². The molecule has 0 aliphatic carbocycles. The first kappa shape index (κ1) is 7.76. The summed E-state index contributed by atoms with van der Waals surface area (Å²) in [6.45, 7) is 0.902. The number of carbonyl (C=O) groups is 1. The van der Waals surface area contributed by atoms with Crippen LogP contribution in [0.25, 0.3) is 0 Å². The number of carbonyl (C=O) groups excluding carboxylic acids is 1. The minimum atomic E-state index is -0.219. The SMILES string of the molecule is NC(=O)C1NCC2C3CCC(O3)C12. The van der Waals surface area contributed by atoms with Crippen molar-refractivity contribution >= 4 is 5.91 Å². The van der Waals surface area contributed by atoms with Gasteiger partial charge in [-0.25, -0.2) is 0 Å². The number of fused-ring (bicyclic) bond motifs is 5. The van der Waals surface area contributed by atoms with E-state index in [1.54, 1.807) is 0 Å². The highest BCUT2D eigenvalue weighted by Gasteiger charge is 2.56. The second-order valence-electron chi connectivity index (χ2n) is 4.32. The Bertz CT molecular complexity index is 256. The number of hydrogen-bond donors (Lipinski definition) is 2. The first-order valence-electron chi connectivity index (χ1n) is 4.95. The molecule has 0 radical (unpaired) electrons. The molecule has 2 bridgehead atoms. The Balaban J connectivity index is 1.87. The van der Waals surface area contributed by atoms with Crippen molar-refractivity contribution in [3.8, 4) is 0 Å². The molecule has 0 aromatic carbocycles. The third-order valence-electron chi connectivity index (χ3n) is 3.75. The van der Waals surface area contributed by atoms with Gasteiger partial charge in [0.25, 0.3) is 0 Å². The molecule has 13 heavy (non-hydrogen) atoms. The van der Waals surface area contributed by atoms with E-state index in [1.807, 2.05) is 0 Å². The van der Waals surface area contributed by atoms with Gasteiger partial charge in [-0.3, -0.25) is 4.79 Å². The van der Waals surface area contributed by atoms with E-state index in [1.165, 1.54) is 6.42 Å². The molecular formula is C9H14N2O2. The number of rotatable bonds is 1. The van der Waals surface area contributed by atoms with Crippen LogP contribution in [0.2, 0.25) is 0 Å². The fourth-order valence-electron chi connectivity index (χ4n) is 3.23. The van der Waals surface area contributed by atoms with Crippen LogP contribution in [0, 0.1) is 11.8 Å². The maximum absolute atomic E-state index is 11.1. The second kappa shape index (κ2) is 2.45. The van der Waals surface area contributed by atoms with Gasteiger partial charge in [0.2, 0.25) is 5.91 Å². The molecule has 3 heterocycles. The minimum Gasteiger partial charge on any atom is -0.374 e. The third kappa shape index (κ3) is 0.901. The van der Waals surface area contributed by atoms with Crippen molar-refractivity contribution in [1.82, 2.24) is 5.32 Å². The highest BCUT2D eigenvalue weighted by atomic mass is 16.5. The molecule has 0 spiro atoms. The van der Waals surface area contributed by atoms with Crippen LogP contribution in [0.15, 0.2) is 0 Å². The molecule has 5 atom stereocenters. The zero-order chi connectivity index (χ0) is 9.00. The topological polar surface area (TPSA) is 64.4 Å². The van der Waals surface area contributed by atoms with E-state index in [9.17, 15) is 4.79 Å². The predicted molar refractivity (Wildman–Crippen MR) is 45.9 cm³/mol. The van der Waals surface area contributed by atoms with Crippen LogP contribution < -0.4 is 11.1 Å². The Morgan fingerprint density at radius 3 is 2.92 bits per heavy atom. The smallest absolute Gasteiger partial charge is 0.234 e. The molecule has 3 N–H and O–H groups in total. The van der Waals surface area contributed by atoms with E-state index in [0.717, 1.165) is 13.0 Å². The molecule has 3 fully saturated rings. The Morgan fingerprint density at radius 1 is 1.38 bits per heavy atom. The second-order valence-corrected chi connectivity index (χ2v) is 4.32. The van der Waals surface area contributed by atoms with Crippen molar-refractivity contribution in [1.29, 1.82) is 0 Å². The number of ether oxygens (including phenoxy) is 1. The zero-order valence-electron chi connectivity index (χ0n) is 7.40. The van der Waals surface area contributed by atoms with Crippen LogP contribution in [0.4, 0.5) is 0 Å². The van der Waals surface area contributed by atoms with Crippen molar-refractivity contribution in [3.63, 3.8) is 0 Å². The number of primary amides is 1. The van der Waals surface area contributed by atoms with Crippen molar-refractivity contribution in [3.05, 3.63) is 0 Å². The van der Waals surface area contributed by atoms with Gasteiger partial charge in [-0.15, -0.1) is 0 Å². The Hall–Kier alpha value is -0.610. The van der Waals surface area contributed by atoms with E-state index in [0.29, 0.717) is 24.0 Å². The fraction of sp³-hybridized carbons (Fsp3) is 0.889. The summed E-state index contributed by atoms with van der Waals surface area (Å²) in [6.07, 6.45) is 2.96. The Morgan fingerprint density at radius 2 is 2.15 bits per heavy atom. The summed E-state index contributed by atoms with van der Waals surface area (Å²) in [5.41, 5.74) is 5.33. The molecule has 0 saturated carbocycles. The molecule has 3 saturated heterocycles. The van der Waals surface area contributed by atoms with Crippen molar-refractivity contribution < 1.29 is 9.53 Å². The van der Waals surface area contributed by atoms with Crippen LogP contribution >= 0.6 is 0 Å². The fourth-order valence-corrected chi connectivity index (χ4v) is 3.23. The molecule has 4 nitrogen and oxygen atoms in total. The van der Waals surface area contributed by atoms with E-state index in [2.05, 4.69) is 5.32 Å². The lowest BCUT2D eigenvalue weighted by molar-refractivity contribution is -0.121. The lowest BCUT2D eigenvalue weighted by Gasteiger charge is -2.22. The van der Waals surface area contributed by atoms with Gasteiger partial charge in [-0.2, -0.15) is 0 Å². The lowest BCUT2D eigenvalue weighted by Crippen LogP contribution is -2.44. The number of amides is 1. The van der Waals surface area contributed by atoms with Gasteiger partial charge in [0.15, 0.2) is 0 Å². The monoisotopic (exact) mass is 182 g/mol. The summed E-state index contributed by atoms with van der Waals surface area (Å²) in [5.74, 6) is 0.677. The molecule has 3 aliphatic heterocycles. The molecule has 5 unspecified atom stereocenters. The first-order valence-corrected chi connectivity index (χ1v) is 4.95. The quantitative estimate of drug-likeness (QED) is 0.560. The maximum atomic E-state index is 11.1. The Labute approximate surface area is 76.8 Å². The van der Waals surface area contributed by atoms with E-state index in [-0.39, 0.29) is 11.9 Å². The van der Waals surface area contributed by atoms with Gasteiger partial charge in [-0.05, 0) is 12.8 Å². The number of nitrogens with two attached hydrogens (primary N) is 1. The van der Waals surface area contributed by atoms with Gasteiger partial charge in [0, 0.05) is 18.4 Å². The van der Waals surface area contributed by atoms with E-state index < -0.39 is 0 Å². The van der Waals surface area contributed by atoms with Gasteiger partial charge < -0.3 is 15.8 Å². The van der Waals surface area contributed by atoms with Crippen LogP contribution in [0.3, 0.4) is 0 Å². The normalized spacial score (nSPS) is 52.5. The lowest BCUT2D eigenvalue weighted by atomic mass is 9.78. The molecule has 1 amide bonds. The van der Waals surface area contributed by atoms with E-state index in [4.69, 9.17) is 10.5 Å². The third-order valence-corrected chi connectivity index (χ3v) is 3.75. The summed E-state index contributed by atoms with van der Waals surface area (Å²) in [5, 5.41) is 3.20. The standard InChI is InChI=1S/C9H14N2O2/c10-9(12)8-7-4(3-11-8)5-1-2-6(7)13-5/h4-8,11H,1-3H2,(H2,10,12). The minimum absolute atomic E-state index is 0.139. The largest absolute Gasteiger partial charge is 0.374 e. The molecule has 4 heteroatoms. The summed E-state index contributed by atoms with van der Waals surface area (Å²) >= 11 is 0. The molecular weight excluding hydrogens is 168 g/mol. The molecule has 3 aliphatic rings. The molecule has 3 rings (SSSR count). The Kier molecular flexibility index (Phi) is 1.46. The van der Waals surface area contributed by atoms with Gasteiger partial charge in [0.1, 0.15) is 0 Å². The summed E-state index contributed by atoms with van der Waals surface area (Å²) in [4.78, 5) is 11.1. The molecule has 72 valence electrons. The highest BCUT2D eigenvalue weighted by Crippen LogP contribution is 2.47. The van der Waals surface area contributed by atoms with Crippen molar-refractivity contribution in [2.24, 2.45) is 17.6 Å². The summed E-state index contributed by atoms with van der Waals surface area (Å²) in [7, 11) is 0. The van der Waals surface area contributed by atoms with Crippen LogP contribution in [0.1, 0.15) is 12.8 Å². The van der Waals surface area contributed by atoms with Gasteiger partial charge in [-0.1, -0.05) is 0 Å².